The molecule has 2 heteroatoms. The zero-order valence-corrected chi connectivity index (χ0v) is 9.42. The second-order valence-electron chi connectivity index (χ2n) is 4.52. The second-order valence-corrected chi connectivity index (χ2v) is 4.52. The highest BCUT2D eigenvalue weighted by atomic mass is 14.9. The van der Waals surface area contributed by atoms with Crippen molar-refractivity contribution in [2.24, 2.45) is 0 Å². The van der Waals surface area contributed by atoms with Gasteiger partial charge in [0.15, 0.2) is 0 Å². The van der Waals surface area contributed by atoms with Crippen LogP contribution in [0.5, 0.6) is 0 Å². The van der Waals surface area contributed by atoms with E-state index in [1.54, 1.807) is 0 Å². The molecule has 3 N–H and O–H groups in total. The Labute approximate surface area is 91.9 Å². The molecule has 0 bridgehead atoms. The lowest BCUT2D eigenvalue weighted by atomic mass is 10.0. The van der Waals surface area contributed by atoms with E-state index in [1.165, 1.54) is 30.4 Å². The minimum absolute atomic E-state index is 0.826. The van der Waals surface area contributed by atoms with E-state index < -0.39 is 0 Å². The fourth-order valence-corrected chi connectivity index (χ4v) is 1.83. The first-order valence-electron chi connectivity index (χ1n) is 5.84. The number of benzene rings is 1. The molecule has 1 aromatic carbocycles. The second kappa shape index (κ2) is 4.67. The summed E-state index contributed by atoms with van der Waals surface area (Å²) in [5, 5.41) is 3.53. The summed E-state index contributed by atoms with van der Waals surface area (Å²) < 4.78 is 0. The van der Waals surface area contributed by atoms with Crippen molar-refractivity contribution in [2.45, 2.75) is 38.6 Å². The van der Waals surface area contributed by atoms with Gasteiger partial charge in [0.2, 0.25) is 0 Å². The molecule has 1 aromatic rings. The third kappa shape index (κ3) is 3.24. The largest absolute Gasteiger partial charge is 0.399 e. The third-order valence-corrected chi connectivity index (χ3v) is 3.01. The van der Waals surface area contributed by atoms with Gasteiger partial charge in [0, 0.05) is 11.7 Å². The first kappa shape index (κ1) is 10.5. The Balaban J connectivity index is 1.78. The van der Waals surface area contributed by atoms with Crippen LogP contribution in [0, 0.1) is 6.92 Å². The average molecular weight is 204 g/mol. The maximum atomic E-state index is 5.77. The van der Waals surface area contributed by atoms with E-state index >= 15 is 0 Å². The van der Waals surface area contributed by atoms with Crippen molar-refractivity contribution in [1.29, 1.82) is 0 Å². The van der Waals surface area contributed by atoms with E-state index in [1.807, 2.05) is 6.07 Å². The molecule has 0 atom stereocenters. The Kier molecular flexibility index (Phi) is 3.27. The predicted octanol–water partition coefficient (Wildman–Crippen LogP) is 2.26. The highest BCUT2D eigenvalue weighted by Crippen LogP contribution is 2.19. The predicted molar refractivity (Wildman–Crippen MR) is 64.9 cm³/mol. The van der Waals surface area contributed by atoms with E-state index in [9.17, 15) is 0 Å². The van der Waals surface area contributed by atoms with Gasteiger partial charge < -0.3 is 11.1 Å². The maximum absolute atomic E-state index is 5.77. The highest BCUT2D eigenvalue weighted by molar-refractivity contribution is 5.44. The average Bonchev–Trinajstić information content (AvgIpc) is 3.01. The number of aryl methyl sites for hydroxylation is 2. The molecule has 2 rings (SSSR count). The number of nitrogens with one attached hydrogen (secondary N) is 1. The molecule has 0 aliphatic heterocycles. The third-order valence-electron chi connectivity index (χ3n) is 3.01. The highest BCUT2D eigenvalue weighted by Gasteiger charge is 2.19. The topological polar surface area (TPSA) is 38.0 Å². The Morgan fingerprint density at radius 2 is 2.20 bits per heavy atom. The molecular formula is C13H20N2. The molecule has 15 heavy (non-hydrogen) atoms. The van der Waals surface area contributed by atoms with Crippen LogP contribution < -0.4 is 11.1 Å². The van der Waals surface area contributed by atoms with Crippen molar-refractivity contribution >= 4 is 5.69 Å². The van der Waals surface area contributed by atoms with Crippen molar-refractivity contribution in [2.75, 3.05) is 12.3 Å². The Bertz CT molecular complexity index is 329. The summed E-state index contributed by atoms with van der Waals surface area (Å²) in [6.07, 6.45) is 5.09. The number of nitrogen functional groups attached to an aromatic ring is 1. The standard InChI is InChI=1S/C13H20N2/c1-10-4-5-12(14)9-11(10)3-2-8-15-13-6-7-13/h4-5,9,13,15H,2-3,6-8,14H2,1H3. The number of anilines is 1. The Hall–Kier alpha value is -1.02. The summed E-state index contributed by atoms with van der Waals surface area (Å²) in [7, 11) is 0. The van der Waals surface area contributed by atoms with Crippen LogP contribution in [0.2, 0.25) is 0 Å². The molecule has 0 heterocycles. The van der Waals surface area contributed by atoms with Crippen molar-refractivity contribution in [3.63, 3.8) is 0 Å². The van der Waals surface area contributed by atoms with Crippen LogP contribution in [0.3, 0.4) is 0 Å². The molecule has 1 aliphatic rings. The normalized spacial score (nSPS) is 15.5. The van der Waals surface area contributed by atoms with Crippen molar-refractivity contribution < 1.29 is 0 Å². The van der Waals surface area contributed by atoms with Crippen LogP contribution >= 0.6 is 0 Å². The van der Waals surface area contributed by atoms with Gasteiger partial charge in [-0.25, -0.2) is 0 Å². The first-order chi connectivity index (χ1) is 7.25. The molecule has 1 saturated carbocycles. The fourth-order valence-electron chi connectivity index (χ4n) is 1.83. The van der Waals surface area contributed by atoms with Gasteiger partial charge in [-0.15, -0.1) is 0 Å². The fraction of sp³-hybridized carbons (Fsp3) is 0.538. The lowest BCUT2D eigenvalue weighted by molar-refractivity contribution is 0.645. The van der Waals surface area contributed by atoms with Crippen molar-refractivity contribution in [3.8, 4) is 0 Å². The zero-order chi connectivity index (χ0) is 10.7. The molecule has 0 aromatic heterocycles. The lowest BCUT2D eigenvalue weighted by Crippen LogP contribution is -2.18. The SMILES string of the molecule is Cc1ccc(N)cc1CCCNC1CC1. The minimum atomic E-state index is 0.826. The lowest BCUT2D eigenvalue weighted by Gasteiger charge is -2.07. The smallest absolute Gasteiger partial charge is 0.0316 e. The molecule has 0 unspecified atom stereocenters. The Morgan fingerprint density at radius 3 is 2.93 bits per heavy atom. The summed E-state index contributed by atoms with van der Waals surface area (Å²) in [4.78, 5) is 0. The van der Waals surface area contributed by atoms with Gasteiger partial charge in [-0.3, -0.25) is 0 Å². The summed E-state index contributed by atoms with van der Waals surface area (Å²) in [6.45, 7) is 3.29. The van der Waals surface area contributed by atoms with Gasteiger partial charge in [0.1, 0.15) is 0 Å². The van der Waals surface area contributed by atoms with Gasteiger partial charge in [0.25, 0.3) is 0 Å². The number of hydrogen-bond donors (Lipinski definition) is 2. The maximum Gasteiger partial charge on any atom is 0.0316 e. The van der Waals surface area contributed by atoms with Gasteiger partial charge in [-0.2, -0.15) is 0 Å². The van der Waals surface area contributed by atoms with E-state index in [0.29, 0.717) is 0 Å². The van der Waals surface area contributed by atoms with Crippen LogP contribution in [-0.2, 0) is 6.42 Å². The molecule has 82 valence electrons. The van der Waals surface area contributed by atoms with Crippen LogP contribution in [0.15, 0.2) is 18.2 Å². The zero-order valence-electron chi connectivity index (χ0n) is 9.42. The first-order valence-corrected chi connectivity index (χ1v) is 5.84. The Morgan fingerprint density at radius 1 is 1.40 bits per heavy atom. The van der Waals surface area contributed by atoms with E-state index in [2.05, 4.69) is 24.4 Å². The van der Waals surface area contributed by atoms with E-state index in [-0.39, 0.29) is 0 Å². The molecule has 0 radical (unpaired) electrons. The van der Waals surface area contributed by atoms with Gasteiger partial charge in [-0.05, 0) is 62.4 Å². The summed E-state index contributed by atoms with van der Waals surface area (Å²) in [5.41, 5.74) is 9.41. The van der Waals surface area contributed by atoms with Gasteiger partial charge >= 0.3 is 0 Å². The van der Waals surface area contributed by atoms with Crippen LogP contribution in [0.25, 0.3) is 0 Å². The summed E-state index contributed by atoms with van der Waals surface area (Å²) >= 11 is 0. The van der Waals surface area contributed by atoms with Crippen molar-refractivity contribution in [3.05, 3.63) is 29.3 Å². The number of rotatable bonds is 5. The van der Waals surface area contributed by atoms with Gasteiger partial charge in [-0.1, -0.05) is 6.07 Å². The van der Waals surface area contributed by atoms with E-state index in [4.69, 9.17) is 5.73 Å². The molecule has 2 nitrogen and oxygen atoms in total. The van der Waals surface area contributed by atoms with E-state index in [0.717, 1.165) is 24.7 Å². The molecule has 1 aliphatic carbocycles. The number of hydrogen-bond acceptors (Lipinski definition) is 2. The van der Waals surface area contributed by atoms with Crippen LogP contribution in [-0.4, -0.2) is 12.6 Å². The summed E-state index contributed by atoms with van der Waals surface area (Å²) in [6, 6.07) is 7.01. The quantitative estimate of drug-likeness (QED) is 0.570. The van der Waals surface area contributed by atoms with Gasteiger partial charge in [0.05, 0.1) is 0 Å². The minimum Gasteiger partial charge on any atom is -0.399 e. The number of nitrogens with two attached hydrogens (primary N) is 1. The van der Waals surface area contributed by atoms with Crippen molar-refractivity contribution in [1.82, 2.24) is 5.32 Å². The van der Waals surface area contributed by atoms with Crippen LogP contribution in [0.4, 0.5) is 5.69 Å². The molecule has 1 fully saturated rings. The molecule has 0 saturated heterocycles. The van der Waals surface area contributed by atoms with Crippen LogP contribution in [0.1, 0.15) is 30.4 Å². The molecular weight excluding hydrogens is 184 g/mol. The molecule has 0 spiro atoms. The molecule has 0 amide bonds. The summed E-state index contributed by atoms with van der Waals surface area (Å²) in [5.74, 6) is 0. The monoisotopic (exact) mass is 204 g/mol.